The summed E-state index contributed by atoms with van der Waals surface area (Å²) in [5.41, 5.74) is 1.24. The molecule has 1 amide bonds. The maximum atomic E-state index is 12.1. The number of carbonyl (C=O) groups is 2. The minimum absolute atomic E-state index is 0.0107. The number of carbonyl (C=O) groups excluding carboxylic acids is 1. The van der Waals surface area contributed by atoms with Gasteiger partial charge in [0.1, 0.15) is 5.00 Å². The van der Waals surface area contributed by atoms with E-state index in [2.05, 4.69) is 5.32 Å². The molecule has 0 fully saturated rings. The van der Waals surface area contributed by atoms with Gasteiger partial charge in [-0.3, -0.25) is 4.79 Å². The fourth-order valence-electron chi connectivity index (χ4n) is 2.34. The number of hydrogen-bond acceptors (Lipinski definition) is 4. The van der Waals surface area contributed by atoms with Crippen LogP contribution < -0.4 is 5.32 Å². The average molecular weight is 312 g/mol. The van der Waals surface area contributed by atoms with Gasteiger partial charge in [-0.1, -0.05) is 0 Å². The highest BCUT2D eigenvalue weighted by Crippen LogP contribution is 2.39. The average Bonchev–Trinajstić information content (AvgIpc) is 3.03. The van der Waals surface area contributed by atoms with Crippen LogP contribution in [0.4, 0.5) is 5.00 Å². The molecule has 1 aliphatic rings. The number of carboxylic acid groups (broad SMARTS) is 1. The SMILES string of the molecule is O=C(Nc1sc2c(c1C(=O)O)CCC2)c1ccoc1Cl. The fraction of sp³-hybridized carbons (Fsp3) is 0.231. The zero-order valence-electron chi connectivity index (χ0n) is 10.2. The topological polar surface area (TPSA) is 79.5 Å². The molecule has 1 aliphatic carbocycles. The van der Waals surface area contributed by atoms with Crippen LogP contribution in [0, 0.1) is 0 Å². The lowest BCUT2D eigenvalue weighted by molar-refractivity contribution is 0.0697. The van der Waals surface area contributed by atoms with Crippen molar-refractivity contribution in [3.05, 3.63) is 39.1 Å². The molecule has 2 N–H and O–H groups in total. The van der Waals surface area contributed by atoms with Crippen LogP contribution in [0.2, 0.25) is 5.22 Å². The second kappa shape index (κ2) is 4.96. The van der Waals surface area contributed by atoms with Gasteiger partial charge in [-0.15, -0.1) is 11.3 Å². The predicted molar refractivity (Wildman–Crippen MR) is 75.0 cm³/mol. The molecule has 2 heterocycles. The minimum Gasteiger partial charge on any atom is -0.478 e. The van der Waals surface area contributed by atoms with Crippen LogP contribution in [-0.4, -0.2) is 17.0 Å². The Bertz CT molecular complexity index is 703. The van der Waals surface area contributed by atoms with E-state index in [1.54, 1.807) is 0 Å². The second-order valence-corrected chi connectivity index (χ2v) is 5.88. The number of anilines is 1. The number of amides is 1. The number of nitrogens with one attached hydrogen (secondary N) is 1. The molecule has 0 radical (unpaired) electrons. The lowest BCUT2D eigenvalue weighted by atomic mass is 10.1. The predicted octanol–water partition coefficient (Wildman–Crippen LogP) is 3.43. The smallest absolute Gasteiger partial charge is 0.339 e. The molecule has 0 atom stereocenters. The van der Waals surface area contributed by atoms with Crippen LogP contribution in [-0.2, 0) is 12.8 Å². The Morgan fingerprint density at radius 1 is 1.40 bits per heavy atom. The number of fused-ring (bicyclic) bond motifs is 1. The molecular weight excluding hydrogens is 302 g/mol. The molecule has 0 aromatic carbocycles. The number of thiophene rings is 1. The summed E-state index contributed by atoms with van der Waals surface area (Å²) in [5.74, 6) is -1.48. The van der Waals surface area contributed by atoms with Gasteiger partial charge in [-0.2, -0.15) is 0 Å². The summed E-state index contributed by atoms with van der Waals surface area (Å²) in [7, 11) is 0. The maximum absolute atomic E-state index is 12.1. The summed E-state index contributed by atoms with van der Waals surface area (Å²) in [6.45, 7) is 0. The molecule has 2 aromatic rings. The summed E-state index contributed by atoms with van der Waals surface area (Å²) < 4.78 is 4.85. The summed E-state index contributed by atoms with van der Waals surface area (Å²) in [5, 5.41) is 12.3. The van der Waals surface area contributed by atoms with Crippen LogP contribution in [0.5, 0.6) is 0 Å². The van der Waals surface area contributed by atoms with E-state index in [-0.39, 0.29) is 16.3 Å². The van der Waals surface area contributed by atoms with E-state index in [0.29, 0.717) is 5.00 Å². The maximum Gasteiger partial charge on any atom is 0.339 e. The second-order valence-electron chi connectivity index (χ2n) is 4.43. The zero-order chi connectivity index (χ0) is 14.3. The molecule has 104 valence electrons. The Kier molecular flexibility index (Phi) is 3.27. The van der Waals surface area contributed by atoms with Crippen molar-refractivity contribution in [2.45, 2.75) is 19.3 Å². The first-order chi connectivity index (χ1) is 9.58. The molecule has 5 nitrogen and oxygen atoms in total. The molecule has 0 saturated carbocycles. The minimum atomic E-state index is -1.02. The molecule has 0 bridgehead atoms. The van der Waals surface area contributed by atoms with Crippen LogP contribution in [0.25, 0.3) is 0 Å². The van der Waals surface area contributed by atoms with E-state index in [1.165, 1.54) is 23.7 Å². The van der Waals surface area contributed by atoms with Gasteiger partial charge >= 0.3 is 5.97 Å². The first-order valence-corrected chi connectivity index (χ1v) is 7.19. The lowest BCUT2D eigenvalue weighted by Gasteiger charge is -2.04. The third-order valence-electron chi connectivity index (χ3n) is 3.22. The molecule has 0 unspecified atom stereocenters. The standard InChI is InChI=1S/C13H10ClNO4S/c14-10-7(4-5-19-10)11(16)15-12-9(13(17)18)6-2-1-3-8(6)20-12/h4-5H,1-3H2,(H,15,16)(H,17,18). The molecule has 3 rings (SSSR count). The van der Waals surface area contributed by atoms with E-state index in [1.807, 2.05) is 0 Å². The van der Waals surface area contributed by atoms with Gasteiger partial charge in [0.2, 0.25) is 5.22 Å². The van der Waals surface area contributed by atoms with Gasteiger partial charge < -0.3 is 14.8 Å². The van der Waals surface area contributed by atoms with Crippen LogP contribution in [0.3, 0.4) is 0 Å². The summed E-state index contributed by atoms with van der Waals surface area (Å²) >= 11 is 7.06. The number of carboxylic acids is 1. The van der Waals surface area contributed by atoms with Crippen molar-refractivity contribution in [1.29, 1.82) is 0 Å². The number of furan rings is 1. The first-order valence-electron chi connectivity index (χ1n) is 6.00. The van der Waals surface area contributed by atoms with Crippen molar-refractivity contribution in [3.8, 4) is 0 Å². The van der Waals surface area contributed by atoms with Gasteiger partial charge in [0.05, 0.1) is 17.4 Å². The first kappa shape index (κ1) is 13.2. The van der Waals surface area contributed by atoms with Crippen molar-refractivity contribution >= 4 is 39.8 Å². The molecule has 0 aliphatic heterocycles. The van der Waals surface area contributed by atoms with Crippen molar-refractivity contribution in [2.24, 2.45) is 0 Å². The molecule has 20 heavy (non-hydrogen) atoms. The molecular formula is C13H10ClNO4S. The number of aromatic carboxylic acids is 1. The zero-order valence-corrected chi connectivity index (χ0v) is 11.8. The Balaban J connectivity index is 1.94. The largest absolute Gasteiger partial charge is 0.478 e. The van der Waals surface area contributed by atoms with Crippen LogP contribution in [0.1, 0.15) is 37.6 Å². The Morgan fingerprint density at radius 2 is 2.20 bits per heavy atom. The van der Waals surface area contributed by atoms with E-state index in [4.69, 9.17) is 16.0 Å². The summed E-state index contributed by atoms with van der Waals surface area (Å²) in [6.07, 6.45) is 3.88. The van der Waals surface area contributed by atoms with Crippen LogP contribution in [0.15, 0.2) is 16.7 Å². The molecule has 2 aromatic heterocycles. The quantitative estimate of drug-likeness (QED) is 0.910. The van der Waals surface area contributed by atoms with E-state index < -0.39 is 11.9 Å². The Morgan fingerprint density at radius 3 is 2.85 bits per heavy atom. The molecule has 7 heteroatoms. The third-order valence-corrected chi connectivity index (χ3v) is 4.72. The third kappa shape index (κ3) is 2.10. The Hall–Kier alpha value is -1.79. The van der Waals surface area contributed by atoms with Crippen LogP contribution >= 0.6 is 22.9 Å². The molecule has 0 spiro atoms. The lowest BCUT2D eigenvalue weighted by Crippen LogP contribution is -2.13. The van der Waals surface area contributed by atoms with Crippen molar-refractivity contribution in [2.75, 3.05) is 5.32 Å². The van der Waals surface area contributed by atoms with Gasteiger partial charge in [-0.25, -0.2) is 4.79 Å². The van der Waals surface area contributed by atoms with E-state index >= 15 is 0 Å². The van der Waals surface area contributed by atoms with Gasteiger partial charge in [0, 0.05) is 4.88 Å². The number of rotatable bonds is 3. The van der Waals surface area contributed by atoms with E-state index in [9.17, 15) is 14.7 Å². The van der Waals surface area contributed by atoms with Crippen molar-refractivity contribution in [1.82, 2.24) is 0 Å². The number of hydrogen-bond donors (Lipinski definition) is 2. The highest BCUT2D eigenvalue weighted by molar-refractivity contribution is 7.17. The monoisotopic (exact) mass is 311 g/mol. The Labute approximate surface area is 123 Å². The highest BCUT2D eigenvalue weighted by Gasteiger charge is 2.27. The highest BCUT2D eigenvalue weighted by atomic mass is 35.5. The normalized spacial score (nSPS) is 13.2. The van der Waals surface area contributed by atoms with Crippen molar-refractivity contribution in [3.63, 3.8) is 0 Å². The van der Waals surface area contributed by atoms with Crippen molar-refractivity contribution < 1.29 is 19.1 Å². The molecule has 0 saturated heterocycles. The van der Waals surface area contributed by atoms with Gasteiger partial charge in [-0.05, 0) is 42.5 Å². The summed E-state index contributed by atoms with van der Waals surface area (Å²) in [6, 6.07) is 1.44. The van der Waals surface area contributed by atoms with E-state index in [0.717, 1.165) is 29.7 Å². The van der Waals surface area contributed by atoms with Gasteiger partial charge in [0.15, 0.2) is 0 Å². The number of halogens is 1. The van der Waals surface area contributed by atoms with Gasteiger partial charge in [0.25, 0.3) is 5.91 Å². The number of aryl methyl sites for hydroxylation is 1. The summed E-state index contributed by atoms with van der Waals surface area (Å²) in [4.78, 5) is 24.5. The fourth-order valence-corrected chi connectivity index (χ4v) is 3.82.